The summed E-state index contributed by atoms with van der Waals surface area (Å²) >= 11 is 0. The second-order valence-electron chi connectivity index (χ2n) is 3.87. The van der Waals surface area contributed by atoms with E-state index < -0.39 is 10.8 Å². The van der Waals surface area contributed by atoms with Crippen LogP contribution in [0.1, 0.15) is 11.1 Å². The molecule has 0 saturated carbocycles. The zero-order valence-corrected chi connectivity index (χ0v) is 10.5. The van der Waals surface area contributed by atoms with E-state index in [9.17, 15) is 4.21 Å². The smallest absolute Gasteiger partial charge is 0.0991 e. The van der Waals surface area contributed by atoms with Gasteiger partial charge >= 0.3 is 0 Å². The van der Waals surface area contributed by atoms with E-state index in [1.807, 2.05) is 12.1 Å². The molecule has 0 aliphatic carbocycles. The van der Waals surface area contributed by atoms with Crippen molar-refractivity contribution < 1.29 is 4.21 Å². The second kappa shape index (κ2) is 5.48. The first-order valence-corrected chi connectivity index (χ1v) is 6.74. The fourth-order valence-corrected chi connectivity index (χ4v) is 2.63. The summed E-state index contributed by atoms with van der Waals surface area (Å²) < 4.78 is 12.1. The van der Waals surface area contributed by atoms with Crippen LogP contribution < -0.4 is 5.73 Å². The van der Waals surface area contributed by atoms with Gasteiger partial charge in [-0.3, -0.25) is 4.21 Å². The van der Waals surface area contributed by atoms with Crippen molar-refractivity contribution in [3.05, 3.63) is 59.7 Å². The maximum absolute atomic E-state index is 12.1. The van der Waals surface area contributed by atoms with Crippen molar-refractivity contribution in [1.82, 2.24) is 0 Å². The lowest BCUT2D eigenvalue weighted by molar-refractivity contribution is 0.682. The monoisotopic (exact) mass is 256 g/mol. The lowest BCUT2D eigenvalue weighted by Gasteiger charge is -2.03. The summed E-state index contributed by atoms with van der Waals surface area (Å²) in [7, 11) is -1.09. The predicted octanol–water partition coefficient (Wildman–Crippen LogP) is 2.45. The molecule has 4 heteroatoms. The minimum absolute atomic E-state index is 0.440. The molecular formula is C14H12N2OS. The third-order valence-corrected chi connectivity index (χ3v) is 3.92. The van der Waals surface area contributed by atoms with E-state index in [1.54, 1.807) is 36.4 Å². The van der Waals surface area contributed by atoms with Crippen LogP contribution in [-0.4, -0.2) is 4.21 Å². The Balaban J connectivity index is 2.11. The molecule has 2 rings (SSSR count). The summed E-state index contributed by atoms with van der Waals surface area (Å²) in [6, 6.07) is 16.2. The molecule has 1 atom stereocenters. The maximum atomic E-state index is 12.1. The van der Waals surface area contributed by atoms with Gasteiger partial charge in [-0.05, 0) is 42.0 Å². The van der Waals surface area contributed by atoms with Gasteiger partial charge in [-0.15, -0.1) is 0 Å². The Labute approximate surface area is 108 Å². The van der Waals surface area contributed by atoms with Crippen LogP contribution >= 0.6 is 0 Å². The number of nitriles is 1. The van der Waals surface area contributed by atoms with Crippen LogP contribution in [0.2, 0.25) is 0 Å². The number of rotatable bonds is 3. The summed E-state index contributed by atoms with van der Waals surface area (Å²) in [6.45, 7) is 0. The standard InChI is InChI=1S/C14H12N2OS/c15-9-11-1-3-12(4-2-11)10-18(17)14-7-5-13(16)6-8-14/h1-8H,10,16H2. The normalized spacial score (nSPS) is 11.7. The summed E-state index contributed by atoms with van der Waals surface area (Å²) in [6.07, 6.45) is 0. The van der Waals surface area contributed by atoms with Gasteiger partial charge in [0.1, 0.15) is 0 Å². The molecule has 0 bridgehead atoms. The van der Waals surface area contributed by atoms with E-state index in [4.69, 9.17) is 11.0 Å². The van der Waals surface area contributed by atoms with E-state index in [-0.39, 0.29) is 0 Å². The van der Waals surface area contributed by atoms with Crippen molar-refractivity contribution in [3.63, 3.8) is 0 Å². The van der Waals surface area contributed by atoms with E-state index in [2.05, 4.69) is 6.07 Å². The third kappa shape index (κ3) is 2.96. The third-order valence-electron chi connectivity index (χ3n) is 2.52. The number of hydrogen-bond donors (Lipinski definition) is 1. The molecule has 0 aliphatic heterocycles. The van der Waals surface area contributed by atoms with Crippen LogP contribution in [0.15, 0.2) is 53.4 Å². The summed E-state index contributed by atoms with van der Waals surface area (Å²) in [4.78, 5) is 0.758. The van der Waals surface area contributed by atoms with Gasteiger partial charge in [-0.2, -0.15) is 5.26 Å². The Morgan fingerprint density at radius 3 is 2.22 bits per heavy atom. The van der Waals surface area contributed by atoms with Gasteiger partial charge in [0.05, 0.1) is 28.2 Å². The number of nitrogens with two attached hydrogens (primary N) is 1. The molecule has 1 unspecified atom stereocenters. The van der Waals surface area contributed by atoms with Crippen LogP contribution in [0.25, 0.3) is 0 Å². The first-order valence-electron chi connectivity index (χ1n) is 5.42. The molecule has 0 radical (unpaired) electrons. The first kappa shape index (κ1) is 12.3. The molecule has 2 N–H and O–H groups in total. The molecule has 0 aromatic heterocycles. The summed E-state index contributed by atoms with van der Waals surface area (Å²) in [5, 5.41) is 8.69. The lowest BCUT2D eigenvalue weighted by Crippen LogP contribution is -1.97. The largest absolute Gasteiger partial charge is 0.399 e. The second-order valence-corrected chi connectivity index (χ2v) is 5.32. The zero-order valence-electron chi connectivity index (χ0n) is 9.67. The van der Waals surface area contributed by atoms with Gasteiger partial charge in [0.2, 0.25) is 0 Å². The Morgan fingerprint density at radius 2 is 1.67 bits per heavy atom. The first-order chi connectivity index (χ1) is 8.69. The number of nitrogen functional groups attached to an aromatic ring is 1. The van der Waals surface area contributed by atoms with Crippen molar-refractivity contribution in [1.29, 1.82) is 5.26 Å². The number of benzene rings is 2. The minimum Gasteiger partial charge on any atom is -0.399 e. The Hall–Kier alpha value is -2.12. The fraction of sp³-hybridized carbons (Fsp3) is 0.0714. The molecule has 0 amide bonds. The van der Waals surface area contributed by atoms with Crippen molar-refractivity contribution in [2.75, 3.05) is 5.73 Å². The lowest BCUT2D eigenvalue weighted by atomic mass is 10.2. The summed E-state index contributed by atoms with van der Waals surface area (Å²) in [5.41, 5.74) is 7.80. The van der Waals surface area contributed by atoms with E-state index in [0.717, 1.165) is 10.5 Å². The van der Waals surface area contributed by atoms with E-state index >= 15 is 0 Å². The average Bonchev–Trinajstić information content (AvgIpc) is 2.40. The van der Waals surface area contributed by atoms with Crippen LogP contribution in [0.3, 0.4) is 0 Å². The quantitative estimate of drug-likeness (QED) is 0.858. The van der Waals surface area contributed by atoms with Gasteiger partial charge in [0.25, 0.3) is 0 Å². The maximum Gasteiger partial charge on any atom is 0.0991 e. The Morgan fingerprint density at radius 1 is 1.06 bits per heavy atom. The van der Waals surface area contributed by atoms with Crippen LogP contribution in [0.5, 0.6) is 0 Å². The molecule has 0 fully saturated rings. The number of nitrogens with zero attached hydrogens (tertiary/aromatic N) is 1. The molecule has 0 heterocycles. The van der Waals surface area contributed by atoms with Gasteiger partial charge in [0, 0.05) is 10.6 Å². The average molecular weight is 256 g/mol. The van der Waals surface area contributed by atoms with Crippen molar-refractivity contribution in [2.24, 2.45) is 0 Å². The summed E-state index contributed by atoms with van der Waals surface area (Å²) in [5.74, 6) is 0.440. The van der Waals surface area contributed by atoms with Crippen molar-refractivity contribution >= 4 is 16.5 Å². The molecule has 2 aromatic carbocycles. The van der Waals surface area contributed by atoms with Gasteiger partial charge in [-0.25, -0.2) is 0 Å². The molecule has 2 aromatic rings. The molecule has 3 nitrogen and oxygen atoms in total. The van der Waals surface area contributed by atoms with Gasteiger partial charge in [-0.1, -0.05) is 12.1 Å². The minimum atomic E-state index is -1.09. The molecule has 18 heavy (non-hydrogen) atoms. The van der Waals surface area contributed by atoms with Crippen LogP contribution in [-0.2, 0) is 16.6 Å². The van der Waals surface area contributed by atoms with Gasteiger partial charge in [0.15, 0.2) is 0 Å². The molecule has 0 aliphatic rings. The highest BCUT2D eigenvalue weighted by atomic mass is 32.2. The highest BCUT2D eigenvalue weighted by Crippen LogP contribution is 2.14. The van der Waals surface area contributed by atoms with Crippen LogP contribution in [0.4, 0.5) is 5.69 Å². The van der Waals surface area contributed by atoms with Crippen LogP contribution in [0, 0.1) is 11.3 Å². The van der Waals surface area contributed by atoms with E-state index in [1.165, 1.54) is 0 Å². The van der Waals surface area contributed by atoms with Crippen molar-refractivity contribution in [2.45, 2.75) is 10.6 Å². The highest BCUT2D eigenvalue weighted by Gasteiger charge is 2.05. The Bertz CT molecular complexity index is 597. The number of hydrogen-bond acceptors (Lipinski definition) is 3. The highest BCUT2D eigenvalue weighted by molar-refractivity contribution is 7.84. The molecule has 90 valence electrons. The topological polar surface area (TPSA) is 66.9 Å². The molecule has 0 saturated heterocycles. The number of anilines is 1. The Kier molecular flexibility index (Phi) is 3.75. The predicted molar refractivity (Wildman–Crippen MR) is 72.1 cm³/mol. The molecule has 0 spiro atoms. The fourth-order valence-electron chi connectivity index (χ4n) is 1.53. The van der Waals surface area contributed by atoms with Gasteiger partial charge < -0.3 is 5.73 Å². The van der Waals surface area contributed by atoms with E-state index in [0.29, 0.717) is 17.0 Å². The molecular weight excluding hydrogens is 244 g/mol. The van der Waals surface area contributed by atoms with Crippen molar-refractivity contribution in [3.8, 4) is 6.07 Å². The SMILES string of the molecule is N#Cc1ccc(CS(=O)c2ccc(N)cc2)cc1. The zero-order chi connectivity index (χ0) is 13.0.